The summed E-state index contributed by atoms with van der Waals surface area (Å²) in [5.74, 6) is 0.178. The van der Waals surface area contributed by atoms with E-state index in [4.69, 9.17) is 4.74 Å². The Morgan fingerprint density at radius 1 is 1.07 bits per heavy atom. The molecule has 1 N–H and O–H groups in total. The van der Waals surface area contributed by atoms with Crippen LogP contribution in [-0.4, -0.2) is 44.2 Å². The monoisotopic (exact) mass is 430 g/mol. The molecule has 2 aromatic carbocycles. The van der Waals surface area contributed by atoms with Gasteiger partial charge in [-0.3, -0.25) is 9.59 Å². The number of sulfonamides is 1. The highest BCUT2D eigenvalue weighted by atomic mass is 32.2. The van der Waals surface area contributed by atoms with Crippen LogP contribution in [0.15, 0.2) is 53.4 Å². The van der Waals surface area contributed by atoms with Crippen LogP contribution >= 0.6 is 0 Å². The van der Waals surface area contributed by atoms with Gasteiger partial charge in [-0.25, -0.2) is 12.7 Å². The quantitative estimate of drug-likeness (QED) is 0.585. The molecule has 1 aliphatic heterocycles. The SMILES string of the molecule is CCOc1ccccc1CCCNC(=O)CCCN1C(=O)c2ccccc2S1(=O)=O. The number of carbonyl (C=O) groups is 2. The Hall–Kier alpha value is -2.87. The van der Waals surface area contributed by atoms with E-state index in [9.17, 15) is 18.0 Å². The van der Waals surface area contributed by atoms with E-state index in [0.29, 0.717) is 13.2 Å². The predicted molar refractivity (Wildman–Crippen MR) is 113 cm³/mol. The summed E-state index contributed by atoms with van der Waals surface area (Å²) in [4.78, 5) is 24.4. The van der Waals surface area contributed by atoms with Gasteiger partial charge in [-0.15, -0.1) is 0 Å². The number of carbonyl (C=O) groups excluding carboxylic acids is 2. The van der Waals surface area contributed by atoms with Gasteiger partial charge >= 0.3 is 0 Å². The smallest absolute Gasteiger partial charge is 0.269 e. The lowest BCUT2D eigenvalue weighted by molar-refractivity contribution is -0.121. The topological polar surface area (TPSA) is 92.8 Å². The van der Waals surface area contributed by atoms with Gasteiger partial charge in [0.2, 0.25) is 5.91 Å². The molecule has 3 rings (SSSR count). The van der Waals surface area contributed by atoms with Crippen molar-refractivity contribution in [1.29, 1.82) is 0 Å². The molecule has 0 aromatic heterocycles. The van der Waals surface area contributed by atoms with Crippen LogP contribution in [0.4, 0.5) is 0 Å². The molecule has 0 saturated heterocycles. The van der Waals surface area contributed by atoms with E-state index in [-0.39, 0.29) is 35.8 Å². The average molecular weight is 431 g/mol. The Bertz CT molecular complexity index is 1020. The number of hydrogen-bond donors (Lipinski definition) is 1. The fourth-order valence-corrected chi connectivity index (χ4v) is 5.04. The lowest BCUT2D eigenvalue weighted by Crippen LogP contribution is -2.32. The number of amides is 2. The maximum atomic E-state index is 12.5. The summed E-state index contributed by atoms with van der Waals surface area (Å²) in [7, 11) is -3.81. The van der Waals surface area contributed by atoms with E-state index in [2.05, 4.69) is 5.32 Å². The van der Waals surface area contributed by atoms with Gasteiger partial charge in [0, 0.05) is 19.5 Å². The Balaban J connectivity index is 1.41. The van der Waals surface area contributed by atoms with Gasteiger partial charge in [-0.05, 0) is 49.9 Å². The first-order valence-electron chi connectivity index (χ1n) is 10.1. The third-order valence-electron chi connectivity index (χ3n) is 4.89. The molecular weight excluding hydrogens is 404 g/mol. The maximum Gasteiger partial charge on any atom is 0.269 e. The third kappa shape index (κ3) is 4.81. The zero-order valence-corrected chi connectivity index (χ0v) is 17.8. The van der Waals surface area contributed by atoms with Crippen molar-refractivity contribution < 1.29 is 22.7 Å². The van der Waals surface area contributed by atoms with Crippen LogP contribution in [0.1, 0.15) is 42.1 Å². The highest BCUT2D eigenvalue weighted by Gasteiger charge is 2.40. The molecule has 8 heteroatoms. The van der Waals surface area contributed by atoms with Crippen LogP contribution in [0.3, 0.4) is 0 Å². The van der Waals surface area contributed by atoms with Gasteiger partial charge in [0.25, 0.3) is 15.9 Å². The first-order chi connectivity index (χ1) is 14.4. The number of rotatable bonds is 10. The molecule has 30 heavy (non-hydrogen) atoms. The highest BCUT2D eigenvalue weighted by molar-refractivity contribution is 7.90. The van der Waals surface area contributed by atoms with Crippen molar-refractivity contribution >= 4 is 21.8 Å². The molecule has 0 aliphatic carbocycles. The van der Waals surface area contributed by atoms with Gasteiger partial charge in [0.1, 0.15) is 10.6 Å². The number of benzene rings is 2. The Morgan fingerprint density at radius 2 is 1.80 bits per heavy atom. The van der Waals surface area contributed by atoms with E-state index in [1.807, 2.05) is 31.2 Å². The number of aryl methyl sites for hydroxylation is 1. The molecular formula is C22H26N2O5S. The molecule has 0 saturated carbocycles. The van der Waals surface area contributed by atoms with Gasteiger partial charge in [-0.1, -0.05) is 30.3 Å². The van der Waals surface area contributed by atoms with Crippen molar-refractivity contribution in [3.8, 4) is 5.75 Å². The second-order valence-electron chi connectivity index (χ2n) is 6.98. The van der Waals surface area contributed by atoms with Crippen molar-refractivity contribution in [2.75, 3.05) is 19.7 Å². The fraction of sp³-hybridized carbons (Fsp3) is 0.364. The number of para-hydroxylation sites is 1. The second kappa shape index (κ2) is 9.75. The third-order valence-corrected chi connectivity index (χ3v) is 6.74. The van der Waals surface area contributed by atoms with Crippen LogP contribution in [0, 0.1) is 0 Å². The Labute approximate surface area is 177 Å². The molecule has 1 aliphatic rings. The van der Waals surface area contributed by atoms with Crippen molar-refractivity contribution in [2.24, 2.45) is 0 Å². The molecule has 1 heterocycles. The van der Waals surface area contributed by atoms with Crippen molar-refractivity contribution in [1.82, 2.24) is 9.62 Å². The van der Waals surface area contributed by atoms with Gasteiger partial charge in [0.15, 0.2) is 0 Å². The zero-order chi connectivity index (χ0) is 21.6. The maximum absolute atomic E-state index is 12.5. The lowest BCUT2D eigenvalue weighted by Gasteiger charge is -2.14. The minimum absolute atomic E-state index is 0.00893. The number of ether oxygens (including phenoxy) is 1. The molecule has 2 aromatic rings. The summed E-state index contributed by atoms with van der Waals surface area (Å²) < 4.78 is 31.4. The van der Waals surface area contributed by atoms with Crippen molar-refractivity contribution in [3.63, 3.8) is 0 Å². The zero-order valence-electron chi connectivity index (χ0n) is 17.0. The van der Waals surface area contributed by atoms with Crippen LogP contribution in [0.25, 0.3) is 0 Å². The summed E-state index contributed by atoms with van der Waals surface area (Å²) in [5, 5.41) is 2.85. The highest BCUT2D eigenvalue weighted by Crippen LogP contribution is 2.30. The number of nitrogens with one attached hydrogen (secondary N) is 1. The molecule has 7 nitrogen and oxygen atoms in total. The summed E-state index contributed by atoms with van der Waals surface area (Å²) in [5.41, 5.74) is 1.29. The van der Waals surface area contributed by atoms with Crippen LogP contribution in [0.2, 0.25) is 0 Å². The van der Waals surface area contributed by atoms with Crippen LogP contribution in [-0.2, 0) is 21.2 Å². The molecule has 0 atom stereocenters. The van der Waals surface area contributed by atoms with Crippen molar-refractivity contribution in [3.05, 3.63) is 59.7 Å². The van der Waals surface area contributed by atoms with E-state index < -0.39 is 15.9 Å². The minimum Gasteiger partial charge on any atom is -0.494 e. The number of fused-ring (bicyclic) bond motifs is 1. The summed E-state index contributed by atoms with van der Waals surface area (Å²) in [6.07, 6.45) is 1.99. The van der Waals surface area contributed by atoms with Gasteiger partial charge in [0.05, 0.1) is 12.2 Å². The molecule has 0 unspecified atom stereocenters. The van der Waals surface area contributed by atoms with E-state index in [1.54, 1.807) is 12.1 Å². The molecule has 0 bridgehead atoms. The fourth-order valence-electron chi connectivity index (χ4n) is 3.44. The number of hydrogen-bond acceptors (Lipinski definition) is 5. The van der Waals surface area contributed by atoms with Crippen molar-refractivity contribution in [2.45, 2.75) is 37.5 Å². The minimum atomic E-state index is -3.81. The van der Waals surface area contributed by atoms with Crippen LogP contribution < -0.4 is 10.1 Å². The molecule has 0 radical (unpaired) electrons. The standard InChI is InChI=1S/C22H26N2O5S/c1-2-29-19-12-5-3-9-17(19)10-7-15-23-21(25)14-8-16-24-22(26)18-11-4-6-13-20(18)30(24,27)28/h3-6,9,11-13H,2,7-8,10,14-16H2,1H3,(H,23,25). The second-order valence-corrected chi connectivity index (χ2v) is 8.81. The molecule has 0 spiro atoms. The van der Waals surface area contributed by atoms with E-state index in [0.717, 1.165) is 28.5 Å². The summed E-state index contributed by atoms with van der Waals surface area (Å²) in [6.45, 7) is 3.06. The normalized spacial score (nSPS) is 14.4. The predicted octanol–water partition coefficient (Wildman–Crippen LogP) is 2.76. The van der Waals surface area contributed by atoms with E-state index >= 15 is 0 Å². The number of nitrogens with zero attached hydrogens (tertiary/aromatic N) is 1. The summed E-state index contributed by atoms with van der Waals surface area (Å²) in [6, 6.07) is 14.0. The largest absolute Gasteiger partial charge is 0.494 e. The Morgan fingerprint density at radius 3 is 2.57 bits per heavy atom. The molecule has 0 fully saturated rings. The van der Waals surface area contributed by atoms with Crippen LogP contribution in [0.5, 0.6) is 5.75 Å². The molecule has 160 valence electrons. The lowest BCUT2D eigenvalue weighted by atomic mass is 10.1. The molecule has 2 amide bonds. The van der Waals surface area contributed by atoms with Gasteiger partial charge < -0.3 is 10.1 Å². The average Bonchev–Trinajstić information content (AvgIpc) is 2.93. The van der Waals surface area contributed by atoms with E-state index in [1.165, 1.54) is 12.1 Å². The Kier molecular flexibility index (Phi) is 7.10. The summed E-state index contributed by atoms with van der Waals surface area (Å²) >= 11 is 0. The first kappa shape index (κ1) is 21.8. The van der Waals surface area contributed by atoms with Gasteiger partial charge in [-0.2, -0.15) is 0 Å². The first-order valence-corrected chi connectivity index (χ1v) is 11.5.